The van der Waals surface area contributed by atoms with E-state index in [0.29, 0.717) is 38.1 Å². The summed E-state index contributed by atoms with van der Waals surface area (Å²) in [6.07, 6.45) is 2.79. The normalized spacial score (nSPS) is 16.0. The van der Waals surface area contributed by atoms with Gasteiger partial charge in [0.25, 0.3) is 5.91 Å². The topological polar surface area (TPSA) is 41.9 Å². The van der Waals surface area contributed by atoms with E-state index in [1.807, 2.05) is 68.5 Å². The number of benzene rings is 3. The molecule has 0 atom stereocenters. The Balaban J connectivity index is 1.75. The number of halogens is 2. The molecule has 3 aromatic carbocycles. The second-order valence-electron chi connectivity index (χ2n) is 7.93. The van der Waals surface area contributed by atoms with E-state index in [9.17, 15) is 4.79 Å². The number of aliphatic imine (C=N–C) groups is 1. The van der Waals surface area contributed by atoms with Crippen molar-refractivity contribution in [1.82, 2.24) is 0 Å². The highest BCUT2D eigenvalue weighted by Crippen LogP contribution is 2.39. The maximum Gasteiger partial charge on any atom is 0.271 e. The molecule has 1 fully saturated rings. The third kappa shape index (κ3) is 5.49. The van der Waals surface area contributed by atoms with Crippen LogP contribution < -0.4 is 9.64 Å². The molecule has 4 rings (SSSR count). The number of aryl methyl sites for hydroxylation is 2. The first kappa shape index (κ1) is 24.4. The van der Waals surface area contributed by atoms with Crippen LogP contribution >= 0.6 is 35.0 Å². The molecular weight excluding hydrogens is 487 g/mol. The highest BCUT2D eigenvalue weighted by molar-refractivity contribution is 8.19. The minimum atomic E-state index is -0.165. The molecule has 1 aliphatic rings. The van der Waals surface area contributed by atoms with Crippen molar-refractivity contribution in [3.63, 3.8) is 0 Å². The number of anilines is 1. The van der Waals surface area contributed by atoms with Gasteiger partial charge in [-0.25, -0.2) is 4.99 Å². The Hall–Kier alpha value is -2.73. The number of carbonyl (C=O) groups excluding carboxylic acids is 1. The molecule has 0 aromatic heterocycles. The van der Waals surface area contributed by atoms with Crippen LogP contribution in [0.4, 0.5) is 11.4 Å². The van der Waals surface area contributed by atoms with Crippen LogP contribution in [-0.4, -0.2) is 17.7 Å². The zero-order chi connectivity index (χ0) is 24.2. The third-order valence-corrected chi connectivity index (χ3v) is 7.01. The van der Waals surface area contributed by atoms with Gasteiger partial charge in [-0.05, 0) is 91.2 Å². The molecule has 0 unspecified atom stereocenters. The smallest absolute Gasteiger partial charge is 0.271 e. The Labute approximate surface area is 214 Å². The Morgan fingerprint density at radius 3 is 2.44 bits per heavy atom. The van der Waals surface area contributed by atoms with Crippen molar-refractivity contribution in [2.75, 3.05) is 11.5 Å². The minimum Gasteiger partial charge on any atom is -0.494 e. The molecule has 0 aliphatic carbocycles. The molecule has 1 heterocycles. The van der Waals surface area contributed by atoms with Gasteiger partial charge in [0.15, 0.2) is 5.17 Å². The standard InChI is InChI=1S/C27H24Cl2N2O2S/c1-4-12-33-22-7-5-6-19(13-22)14-25-26(32)31(21-11-9-18(3)24(29)16-21)27(34-25)30-20-10-8-17(2)23(28)15-20/h5-11,13-16H,4,12H2,1-3H3/b25-14-,30-27?. The van der Waals surface area contributed by atoms with Gasteiger partial charge in [-0.2, -0.15) is 0 Å². The molecule has 3 aromatic rings. The Kier molecular flexibility index (Phi) is 7.67. The molecule has 7 heteroatoms. The Morgan fingerprint density at radius 2 is 1.74 bits per heavy atom. The number of thioether (sulfide) groups is 1. The fourth-order valence-corrected chi connectivity index (χ4v) is 4.67. The van der Waals surface area contributed by atoms with Gasteiger partial charge < -0.3 is 4.74 Å². The van der Waals surface area contributed by atoms with Gasteiger partial charge in [0.1, 0.15) is 5.75 Å². The first-order valence-corrected chi connectivity index (χ1v) is 12.5. The van der Waals surface area contributed by atoms with Crippen LogP contribution in [0, 0.1) is 13.8 Å². The van der Waals surface area contributed by atoms with Crippen LogP contribution in [0.15, 0.2) is 70.6 Å². The summed E-state index contributed by atoms with van der Waals surface area (Å²) in [6, 6.07) is 18.9. The monoisotopic (exact) mass is 510 g/mol. The summed E-state index contributed by atoms with van der Waals surface area (Å²) in [5, 5.41) is 1.75. The summed E-state index contributed by atoms with van der Waals surface area (Å²) in [5.74, 6) is 0.610. The number of hydrogen-bond donors (Lipinski definition) is 0. The largest absolute Gasteiger partial charge is 0.494 e. The second-order valence-corrected chi connectivity index (χ2v) is 9.76. The van der Waals surface area contributed by atoms with Crippen molar-refractivity contribution in [2.45, 2.75) is 27.2 Å². The maximum atomic E-state index is 13.5. The number of nitrogens with zero attached hydrogens (tertiary/aromatic N) is 2. The van der Waals surface area contributed by atoms with Gasteiger partial charge >= 0.3 is 0 Å². The fraction of sp³-hybridized carbons (Fsp3) is 0.185. The van der Waals surface area contributed by atoms with Gasteiger partial charge in [0.05, 0.1) is 22.9 Å². The zero-order valence-corrected chi connectivity index (χ0v) is 21.5. The predicted octanol–water partition coefficient (Wildman–Crippen LogP) is 8.21. The van der Waals surface area contributed by atoms with E-state index in [-0.39, 0.29) is 5.91 Å². The second kappa shape index (κ2) is 10.7. The Morgan fingerprint density at radius 1 is 1.00 bits per heavy atom. The number of hydrogen-bond acceptors (Lipinski definition) is 4. The van der Waals surface area contributed by atoms with E-state index < -0.39 is 0 Å². The summed E-state index contributed by atoms with van der Waals surface area (Å²) in [6.45, 7) is 6.57. The van der Waals surface area contributed by atoms with Gasteiger partial charge in [-0.15, -0.1) is 0 Å². The van der Waals surface area contributed by atoms with Crippen LogP contribution in [0.1, 0.15) is 30.0 Å². The van der Waals surface area contributed by atoms with E-state index in [4.69, 9.17) is 32.9 Å². The summed E-state index contributed by atoms with van der Waals surface area (Å²) in [4.78, 5) is 20.4. The number of amidine groups is 1. The lowest BCUT2D eigenvalue weighted by molar-refractivity contribution is -0.113. The van der Waals surface area contributed by atoms with E-state index in [0.717, 1.165) is 28.9 Å². The molecule has 0 bridgehead atoms. The molecule has 0 N–H and O–H groups in total. The molecule has 0 radical (unpaired) electrons. The lowest BCUT2D eigenvalue weighted by Crippen LogP contribution is -2.28. The van der Waals surface area contributed by atoms with E-state index in [1.54, 1.807) is 17.0 Å². The van der Waals surface area contributed by atoms with Crippen LogP contribution in [0.25, 0.3) is 6.08 Å². The average Bonchev–Trinajstić information content (AvgIpc) is 3.11. The zero-order valence-electron chi connectivity index (χ0n) is 19.1. The Bertz CT molecular complexity index is 1300. The number of amides is 1. The minimum absolute atomic E-state index is 0.165. The maximum absolute atomic E-state index is 13.5. The van der Waals surface area contributed by atoms with E-state index in [1.165, 1.54) is 11.8 Å². The lowest BCUT2D eigenvalue weighted by atomic mass is 10.2. The van der Waals surface area contributed by atoms with Crippen molar-refractivity contribution < 1.29 is 9.53 Å². The average molecular weight is 511 g/mol. The van der Waals surface area contributed by atoms with Crippen LogP contribution in [0.5, 0.6) is 5.75 Å². The molecule has 1 aliphatic heterocycles. The van der Waals surface area contributed by atoms with Crippen molar-refractivity contribution >= 4 is 63.5 Å². The highest BCUT2D eigenvalue weighted by atomic mass is 35.5. The number of ether oxygens (including phenoxy) is 1. The molecule has 4 nitrogen and oxygen atoms in total. The first-order chi connectivity index (χ1) is 16.4. The fourth-order valence-electron chi connectivity index (χ4n) is 3.32. The first-order valence-electron chi connectivity index (χ1n) is 10.9. The predicted molar refractivity (Wildman–Crippen MR) is 145 cm³/mol. The molecular formula is C27H24Cl2N2O2S. The summed E-state index contributed by atoms with van der Waals surface area (Å²) < 4.78 is 5.74. The van der Waals surface area contributed by atoms with Gasteiger partial charge in [-0.3, -0.25) is 9.69 Å². The van der Waals surface area contributed by atoms with Crippen LogP contribution in [0.2, 0.25) is 10.0 Å². The lowest BCUT2D eigenvalue weighted by Gasteiger charge is -2.16. The summed E-state index contributed by atoms with van der Waals surface area (Å²) in [5.41, 5.74) is 4.12. The highest BCUT2D eigenvalue weighted by Gasteiger charge is 2.35. The van der Waals surface area contributed by atoms with Crippen LogP contribution in [0.3, 0.4) is 0 Å². The van der Waals surface area contributed by atoms with Crippen molar-refractivity contribution in [3.8, 4) is 5.75 Å². The van der Waals surface area contributed by atoms with Gasteiger partial charge in [0, 0.05) is 10.0 Å². The number of rotatable bonds is 6. The van der Waals surface area contributed by atoms with E-state index >= 15 is 0 Å². The number of carbonyl (C=O) groups is 1. The third-order valence-electron chi connectivity index (χ3n) is 5.23. The molecule has 1 amide bonds. The quantitative estimate of drug-likeness (QED) is 0.313. The molecule has 1 saturated heterocycles. The summed E-state index contributed by atoms with van der Waals surface area (Å²) in [7, 11) is 0. The van der Waals surface area contributed by atoms with Gasteiger partial charge in [-0.1, -0.05) is 54.4 Å². The molecule has 0 saturated carbocycles. The van der Waals surface area contributed by atoms with E-state index in [2.05, 4.69) is 6.92 Å². The molecule has 174 valence electrons. The van der Waals surface area contributed by atoms with Crippen molar-refractivity contribution in [3.05, 3.63) is 92.3 Å². The summed E-state index contributed by atoms with van der Waals surface area (Å²) >= 11 is 14.0. The molecule has 0 spiro atoms. The van der Waals surface area contributed by atoms with Gasteiger partial charge in [0.2, 0.25) is 0 Å². The SMILES string of the molecule is CCCOc1cccc(/C=C2\SC(=Nc3ccc(C)c(Cl)c3)N(c3ccc(C)c(Cl)c3)C2=O)c1. The van der Waals surface area contributed by atoms with Crippen LogP contribution in [-0.2, 0) is 4.79 Å². The molecule has 34 heavy (non-hydrogen) atoms. The van der Waals surface area contributed by atoms with Crippen molar-refractivity contribution in [1.29, 1.82) is 0 Å². The van der Waals surface area contributed by atoms with Crippen molar-refractivity contribution in [2.24, 2.45) is 4.99 Å².